The predicted molar refractivity (Wildman–Crippen MR) is 81.8 cm³/mol. The second-order valence-electron chi connectivity index (χ2n) is 6.35. The molecule has 0 bridgehead atoms. The normalized spacial score (nSPS) is 21.6. The van der Waals surface area contributed by atoms with Crippen LogP contribution >= 0.6 is 11.6 Å². The molecule has 2 fully saturated rings. The Labute approximate surface area is 129 Å². The predicted octanol–water partition coefficient (Wildman–Crippen LogP) is 5.00. The molecule has 0 aliphatic heterocycles. The zero-order valence-electron chi connectivity index (χ0n) is 12.3. The maximum atomic E-state index is 11.4. The lowest BCUT2D eigenvalue weighted by Crippen LogP contribution is -2.10. The Balaban J connectivity index is 1.96. The van der Waals surface area contributed by atoms with Crippen LogP contribution in [0.4, 0.5) is 5.69 Å². The monoisotopic (exact) mass is 311 g/mol. The summed E-state index contributed by atoms with van der Waals surface area (Å²) in [5, 5.41) is 16.3. The lowest BCUT2D eigenvalue weighted by molar-refractivity contribution is -0.385. The number of nitrogens with zero attached hydrogens (tertiary/aromatic N) is 3. The molecule has 21 heavy (non-hydrogen) atoms. The van der Waals surface area contributed by atoms with Crippen LogP contribution in [0.15, 0.2) is 0 Å². The molecule has 1 aromatic heterocycles. The van der Waals surface area contributed by atoms with Crippen molar-refractivity contribution in [2.45, 2.75) is 76.2 Å². The molecule has 0 amide bonds. The van der Waals surface area contributed by atoms with Gasteiger partial charge in [0.25, 0.3) is 0 Å². The molecule has 116 valence electrons. The number of hydrogen-bond acceptors (Lipinski definition) is 3. The highest BCUT2D eigenvalue weighted by Crippen LogP contribution is 2.43. The van der Waals surface area contributed by atoms with Crippen LogP contribution < -0.4 is 0 Å². The highest BCUT2D eigenvalue weighted by molar-refractivity contribution is 6.31. The SMILES string of the molecule is O=[N+]([O-])c1c(C2CCCC2)nn(C2CCCCCC2)c1Cl. The minimum atomic E-state index is -0.337. The highest BCUT2D eigenvalue weighted by atomic mass is 35.5. The third-order valence-corrected chi connectivity index (χ3v) is 5.30. The average molecular weight is 312 g/mol. The van der Waals surface area contributed by atoms with Crippen LogP contribution in [0.3, 0.4) is 0 Å². The van der Waals surface area contributed by atoms with Gasteiger partial charge in [0.2, 0.25) is 5.15 Å². The quantitative estimate of drug-likeness (QED) is 0.448. The number of hydrogen-bond donors (Lipinski definition) is 0. The highest BCUT2D eigenvalue weighted by Gasteiger charge is 2.35. The van der Waals surface area contributed by atoms with Gasteiger partial charge in [-0.15, -0.1) is 0 Å². The van der Waals surface area contributed by atoms with Gasteiger partial charge < -0.3 is 0 Å². The van der Waals surface area contributed by atoms with E-state index >= 15 is 0 Å². The van der Waals surface area contributed by atoms with Crippen LogP contribution in [0.1, 0.15) is 81.9 Å². The number of aromatic nitrogens is 2. The summed E-state index contributed by atoms with van der Waals surface area (Å²) in [6.45, 7) is 0. The topological polar surface area (TPSA) is 61.0 Å². The molecule has 2 aliphatic rings. The lowest BCUT2D eigenvalue weighted by Gasteiger charge is -2.15. The summed E-state index contributed by atoms with van der Waals surface area (Å²) in [5.74, 6) is 0.218. The minimum Gasteiger partial charge on any atom is -0.258 e. The molecule has 0 unspecified atom stereocenters. The Kier molecular flexibility index (Phi) is 4.48. The molecular formula is C15H22ClN3O2. The molecule has 3 rings (SSSR count). The average Bonchev–Trinajstić information content (AvgIpc) is 3.00. The fraction of sp³-hybridized carbons (Fsp3) is 0.800. The Morgan fingerprint density at radius 2 is 1.62 bits per heavy atom. The molecule has 0 N–H and O–H groups in total. The summed E-state index contributed by atoms with van der Waals surface area (Å²) in [6.07, 6.45) is 11.1. The van der Waals surface area contributed by atoms with E-state index in [1.807, 2.05) is 0 Å². The third-order valence-electron chi connectivity index (χ3n) is 4.95. The van der Waals surface area contributed by atoms with Gasteiger partial charge in [0, 0.05) is 5.92 Å². The van der Waals surface area contributed by atoms with Crippen molar-refractivity contribution in [3.05, 3.63) is 21.0 Å². The van der Waals surface area contributed by atoms with E-state index in [1.54, 1.807) is 4.68 Å². The van der Waals surface area contributed by atoms with Crippen LogP contribution in [-0.4, -0.2) is 14.7 Å². The standard InChI is InChI=1S/C15H22ClN3O2/c16-15-14(19(20)21)13(11-7-5-6-8-11)17-18(15)12-9-3-1-2-4-10-12/h11-12H,1-10H2. The van der Waals surface area contributed by atoms with Gasteiger partial charge in [-0.05, 0) is 25.7 Å². The van der Waals surface area contributed by atoms with Crippen LogP contribution in [0.2, 0.25) is 5.15 Å². The third kappa shape index (κ3) is 2.93. The summed E-state index contributed by atoms with van der Waals surface area (Å²) in [7, 11) is 0. The van der Waals surface area contributed by atoms with E-state index in [4.69, 9.17) is 11.6 Å². The van der Waals surface area contributed by atoms with Crippen LogP contribution in [0, 0.1) is 10.1 Å². The van der Waals surface area contributed by atoms with Crippen molar-refractivity contribution in [2.24, 2.45) is 0 Å². The van der Waals surface area contributed by atoms with Gasteiger partial charge in [-0.25, -0.2) is 4.68 Å². The van der Waals surface area contributed by atoms with E-state index in [1.165, 1.54) is 12.8 Å². The first-order valence-corrected chi connectivity index (χ1v) is 8.48. The van der Waals surface area contributed by atoms with Crippen molar-refractivity contribution in [2.75, 3.05) is 0 Å². The van der Waals surface area contributed by atoms with Crippen molar-refractivity contribution in [1.29, 1.82) is 0 Å². The van der Waals surface area contributed by atoms with E-state index in [9.17, 15) is 10.1 Å². The molecule has 0 atom stereocenters. The molecular weight excluding hydrogens is 290 g/mol. The van der Waals surface area contributed by atoms with Gasteiger partial charge in [-0.1, -0.05) is 50.1 Å². The fourth-order valence-corrected chi connectivity index (χ4v) is 4.15. The van der Waals surface area contributed by atoms with Crippen LogP contribution in [0.5, 0.6) is 0 Å². The number of halogens is 1. The first-order valence-electron chi connectivity index (χ1n) is 8.10. The molecule has 0 spiro atoms. The molecule has 0 saturated heterocycles. The first-order chi connectivity index (χ1) is 10.2. The van der Waals surface area contributed by atoms with Crippen molar-refractivity contribution in [1.82, 2.24) is 9.78 Å². The zero-order chi connectivity index (χ0) is 14.8. The fourth-order valence-electron chi connectivity index (χ4n) is 3.81. The lowest BCUT2D eigenvalue weighted by atomic mass is 10.0. The number of nitro groups is 1. The van der Waals surface area contributed by atoms with Gasteiger partial charge in [0.05, 0.1) is 11.0 Å². The Hall–Kier alpha value is -1.10. The Morgan fingerprint density at radius 1 is 1.05 bits per heavy atom. The molecule has 2 saturated carbocycles. The van der Waals surface area contributed by atoms with Crippen molar-refractivity contribution in [3.8, 4) is 0 Å². The molecule has 2 aliphatic carbocycles. The summed E-state index contributed by atoms with van der Waals surface area (Å²) in [5.41, 5.74) is 0.694. The molecule has 1 aromatic rings. The molecule has 6 heteroatoms. The molecule has 0 radical (unpaired) electrons. The minimum absolute atomic E-state index is 0.0628. The van der Waals surface area contributed by atoms with Gasteiger partial charge in [-0.3, -0.25) is 10.1 Å². The van der Waals surface area contributed by atoms with Crippen LogP contribution in [-0.2, 0) is 0 Å². The van der Waals surface area contributed by atoms with E-state index in [-0.39, 0.29) is 27.7 Å². The van der Waals surface area contributed by atoms with E-state index in [2.05, 4.69) is 5.10 Å². The van der Waals surface area contributed by atoms with Crippen molar-refractivity contribution < 1.29 is 4.92 Å². The summed E-state index contributed by atoms with van der Waals surface area (Å²) in [4.78, 5) is 11.1. The summed E-state index contributed by atoms with van der Waals surface area (Å²) in [6, 6.07) is 0.230. The molecule has 5 nitrogen and oxygen atoms in total. The van der Waals surface area contributed by atoms with Crippen molar-refractivity contribution in [3.63, 3.8) is 0 Å². The van der Waals surface area contributed by atoms with Crippen LogP contribution in [0.25, 0.3) is 0 Å². The van der Waals surface area contributed by atoms with Gasteiger partial charge in [0.15, 0.2) is 0 Å². The smallest absolute Gasteiger partial charge is 0.258 e. The zero-order valence-corrected chi connectivity index (χ0v) is 13.0. The van der Waals surface area contributed by atoms with E-state index in [0.717, 1.165) is 51.4 Å². The maximum absolute atomic E-state index is 11.4. The second kappa shape index (κ2) is 6.34. The van der Waals surface area contributed by atoms with Gasteiger partial charge in [0.1, 0.15) is 5.69 Å². The van der Waals surface area contributed by atoms with E-state index in [0.29, 0.717) is 5.69 Å². The number of rotatable bonds is 3. The summed E-state index contributed by atoms with van der Waals surface area (Å²) < 4.78 is 1.76. The molecule has 1 heterocycles. The van der Waals surface area contributed by atoms with Crippen molar-refractivity contribution >= 4 is 17.3 Å². The van der Waals surface area contributed by atoms with Gasteiger partial charge in [-0.2, -0.15) is 5.10 Å². The molecule has 0 aromatic carbocycles. The van der Waals surface area contributed by atoms with Gasteiger partial charge >= 0.3 is 5.69 Å². The van der Waals surface area contributed by atoms with E-state index < -0.39 is 0 Å². The largest absolute Gasteiger partial charge is 0.329 e. The summed E-state index contributed by atoms with van der Waals surface area (Å²) >= 11 is 6.35. The Morgan fingerprint density at radius 3 is 2.19 bits per heavy atom. The maximum Gasteiger partial charge on any atom is 0.329 e. The Bertz CT molecular complexity index is 515. The first kappa shape index (κ1) is 14.8. The second-order valence-corrected chi connectivity index (χ2v) is 6.71.